The van der Waals surface area contributed by atoms with Gasteiger partial charge >= 0.3 is 0 Å². The third-order valence-corrected chi connectivity index (χ3v) is 0.327. The van der Waals surface area contributed by atoms with Crippen LogP contribution in [0, 0.1) is 10.4 Å². The minimum atomic E-state index is -0.704. The van der Waals surface area contributed by atoms with Crippen molar-refractivity contribution in [1.29, 1.82) is 0 Å². The topological polar surface area (TPSA) is 142 Å². The summed E-state index contributed by atoms with van der Waals surface area (Å²) in [6, 6.07) is 0. The van der Waals surface area contributed by atoms with Crippen molar-refractivity contribution in [2.24, 2.45) is 11.8 Å². The fourth-order valence-corrected chi connectivity index (χ4v) is 0.0896. The molecule has 0 aliphatic carbocycles. The van der Waals surface area contributed by atoms with Gasteiger partial charge in [0.2, 0.25) is 0 Å². The summed E-state index contributed by atoms with van der Waals surface area (Å²) in [6.45, 7) is 0. The van der Waals surface area contributed by atoms with Gasteiger partial charge in [-0.3, -0.25) is 0 Å². The summed E-state index contributed by atoms with van der Waals surface area (Å²) in [6.07, 6.45) is 0. The molecule has 62 valence electrons. The predicted molar refractivity (Wildman–Crippen MR) is 23.1 cm³/mol. The maximum atomic E-state index is 9.79. The van der Waals surface area contributed by atoms with E-state index in [1.54, 1.807) is 0 Å². The first-order valence-corrected chi connectivity index (χ1v) is 1.73. The summed E-state index contributed by atoms with van der Waals surface area (Å²) in [7, 11) is 0. The van der Waals surface area contributed by atoms with Gasteiger partial charge in [-0.25, -0.2) is 0 Å². The normalized spacial score (nSPS) is 11.4. The Morgan fingerprint density at radius 2 is 1.20 bits per heavy atom. The minimum absolute atomic E-state index is 0.704. The molecule has 0 atom stereocenters. The van der Waals surface area contributed by atoms with E-state index in [-0.39, 0.29) is 0 Å². The van der Waals surface area contributed by atoms with Crippen LogP contribution in [-0.2, 0) is 19.9 Å². The van der Waals surface area contributed by atoms with Crippen LogP contribution in [0.25, 0.3) is 0 Å². The molecule has 0 aromatic heterocycles. The lowest BCUT2D eigenvalue weighted by atomic mass is 12.8. The minimum Gasteiger partial charge on any atom is -0.734 e. The zero-order valence-corrected chi connectivity index (χ0v) is 4.50. The summed E-state index contributed by atoms with van der Waals surface area (Å²) < 4.78 is 0. The highest BCUT2D eigenvalue weighted by Crippen LogP contribution is 1.89. The molecule has 0 aliphatic rings. The van der Waals surface area contributed by atoms with Crippen molar-refractivity contribution < 1.29 is 19.9 Å². The van der Waals surface area contributed by atoms with E-state index in [1.165, 1.54) is 0 Å². The molecule has 0 aromatic carbocycles. The van der Waals surface area contributed by atoms with Crippen LogP contribution in [0.4, 0.5) is 0 Å². The lowest BCUT2D eigenvalue weighted by Gasteiger charge is -2.25. The summed E-state index contributed by atoms with van der Waals surface area (Å²) >= 11 is 0. The molecule has 0 bridgehead atoms. The zero-order chi connectivity index (χ0) is 7.98. The lowest BCUT2D eigenvalue weighted by molar-refractivity contribution is -0.605. The standard InChI is InChI=1S/H4N4O6/c1-7-3(5)9-10-4(6)8-2/h1-2H2/q-2. The quantitative estimate of drug-likeness (QED) is 0.338. The molecule has 0 amide bonds. The van der Waals surface area contributed by atoms with Gasteiger partial charge in [-0.1, -0.05) is 10.8 Å². The molecule has 10 heteroatoms. The van der Waals surface area contributed by atoms with Crippen molar-refractivity contribution >= 4 is 0 Å². The molecule has 0 unspecified atom stereocenters. The van der Waals surface area contributed by atoms with Gasteiger partial charge in [-0.2, -0.15) is 21.7 Å². The maximum absolute atomic E-state index is 9.79. The Morgan fingerprint density at radius 3 is 1.40 bits per heavy atom. The number of hydrogen-bond acceptors (Lipinski definition) is 10. The van der Waals surface area contributed by atoms with Crippen molar-refractivity contribution in [3.63, 3.8) is 0 Å². The first kappa shape index (κ1) is 9.60. The van der Waals surface area contributed by atoms with Crippen LogP contribution in [0.1, 0.15) is 0 Å². The Balaban J connectivity index is 3.17. The van der Waals surface area contributed by atoms with Gasteiger partial charge in [0, 0.05) is 0 Å². The molecule has 0 aromatic rings. The number of rotatable bonds is 5. The molecular weight excluding hydrogens is 152 g/mol. The van der Waals surface area contributed by atoms with E-state index < -0.39 is 10.8 Å². The van der Waals surface area contributed by atoms with Crippen LogP contribution in [0.3, 0.4) is 0 Å². The SMILES string of the molecule is NON([O-])OON([O-])ON. The molecule has 0 saturated heterocycles. The van der Waals surface area contributed by atoms with Gasteiger partial charge in [0.05, 0.1) is 0 Å². The van der Waals surface area contributed by atoms with E-state index >= 15 is 0 Å². The van der Waals surface area contributed by atoms with Gasteiger partial charge in [-0.05, 0) is 0 Å². The average Bonchev–Trinajstić information content (AvgIpc) is 1.99. The fraction of sp³-hybridized carbons (Fsp3) is 0. The van der Waals surface area contributed by atoms with Crippen LogP contribution in [0.5, 0.6) is 0 Å². The van der Waals surface area contributed by atoms with Crippen LogP contribution >= 0.6 is 0 Å². The highest BCUT2D eigenvalue weighted by molar-refractivity contribution is 4.11. The highest BCUT2D eigenvalue weighted by atomic mass is 17.5. The van der Waals surface area contributed by atoms with Gasteiger partial charge < -0.3 is 10.4 Å². The first-order chi connectivity index (χ1) is 4.70. The molecule has 0 heterocycles. The third-order valence-electron chi connectivity index (χ3n) is 0.327. The Bertz CT molecular complexity index is 66.1. The largest absolute Gasteiger partial charge is 0.734 e. The summed E-state index contributed by atoms with van der Waals surface area (Å²) in [5.74, 6) is 8.43. The third kappa shape index (κ3) is 4.48. The van der Waals surface area contributed by atoms with E-state index in [0.717, 1.165) is 0 Å². The van der Waals surface area contributed by atoms with Gasteiger partial charge in [0.25, 0.3) is 0 Å². The molecule has 0 rings (SSSR count). The van der Waals surface area contributed by atoms with Gasteiger partial charge in [0.15, 0.2) is 0 Å². The van der Waals surface area contributed by atoms with Crippen LogP contribution in [-0.4, -0.2) is 10.8 Å². The second-order valence-electron chi connectivity index (χ2n) is 0.807. The molecule has 0 spiro atoms. The van der Waals surface area contributed by atoms with E-state index in [0.29, 0.717) is 0 Å². The summed E-state index contributed by atoms with van der Waals surface area (Å²) in [4.78, 5) is 13.4. The van der Waals surface area contributed by atoms with Crippen molar-refractivity contribution in [2.45, 2.75) is 0 Å². The number of hydrogen-bond donors (Lipinski definition) is 2. The Labute approximate surface area is 54.2 Å². The van der Waals surface area contributed by atoms with Crippen LogP contribution < -0.4 is 11.8 Å². The second kappa shape index (κ2) is 5.39. The smallest absolute Gasteiger partial charge is 0.0760 e. The van der Waals surface area contributed by atoms with Crippen molar-refractivity contribution in [3.8, 4) is 0 Å². The van der Waals surface area contributed by atoms with E-state index in [2.05, 4.69) is 31.6 Å². The number of nitrogens with two attached hydrogens (primary N) is 2. The first-order valence-electron chi connectivity index (χ1n) is 1.73. The van der Waals surface area contributed by atoms with Crippen molar-refractivity contribution in [3.05, 3.63) is 10.4 Å². The summed E-state index contributed by atoms with van der Waals surface area (Å²) in [5.41, 5.74) is 0. The molecule has 0 radical (unpaired) electrons. The van der Waals surface area contributed by atoms with Crippen LogP contribution in [0.15, 0.2) is 0 Å². The van der Waals surface area contributed by atoms with Gasteiger partial charge in [-0.15, -0.1) is 9.98 Å². The van der Waals surface area contributed by atoms with Crippen LogP contribution in [0.2, 0.25) is 0 Å². The fourth-order valence-electron chi connectivity index (χ4n) is 0.0896. The van der Waals surface area contributed by atoms with Crippen molar-refractivity contribution in [2.75, 3.05) is 0 Å². The Hall–Kier alpha value is -0.400. The monoisotopic (exact) mass is 156 g/mol. The molecule has 0 aliphatic heterocycles. The second-order valence-corrected chi connectivity index (χ2v) is 0.807. The van der Waals surface area contributed by atoms with E-state index in [1.807, 2.05) is 0 Å². The lowest BCUT2D eigenvalue weighted by Crippen LogP contribution is -2.28. The summed E-state index contributed by atoms with van der Waals surface area (Å²) in [5, 5.41) is 18.2. The Kier molecular flexibility index (Phi) is 5.17. The molecule has 4 N–H and O–H groups in total. The van der Waals surface area contributed by atoms with Gasteiger partial charge in [0.1, 0.15) is 0 Å². The average molecular weight is 156 g/mol. The maximum Gasteiger partial charge on any atom is -0.0760 e. The molecular formula is H4N4O6-2. The Morgan fingerprint density at radius 1 is 0.900 bits per heavy atom. The van der Waals surface area contributed by atoms with E-state index in [9.17, 15) is 10.4 Å². The number of nitrogens with zero attached hydrogens (tertiary/aromatic N) is 2. The van der Waals surface area contributed by atoms with E-state index in [4.69, 9.17) is 0 Å². The highest BCUT2D eigenvalue weighted by Gasteiger charge is 1.91. The zero-order valence-electron chi connectivity index (χ0n) is 4.50. The molecule has 0 fully saturated rings. The molecule has 0 saturated carbocycles. The predicted octanol–water partition coefficient (Wildman–Crippen LogP) is -2.03. The molecule has 10 heavy (non-hydrogen) atoms. The van der Waals surface area contributed by atoms with Crippen molar-refractivity contribution in [1.82, 2.24) is 10.8 Å². The molecule has 10 nitrogen and oxygen atoms in total.